The van der Waals surface area contributed by atoms with Gasteiger partial charge in [0, 0.05) is 10.9 Å². The zero-order valence-corrected chi connectivity index (χ0v) is 12.5. The first-order chi connectivity index (χ1) is 10.3. The van der Waals surface area contributed by atoms with Crippen molar-refractivity contribution in [3.05, 3.63) is 35.9 Å². The van der Waals surface area contributed by atoms with Gasteiger partial charge in [-0.05, 0) is 43.7 Å². The van der Waals surface area contributed by atoms with Crippen LogP contribution in [0.3, 0.4) is 0 Å². The standard InChI is InChI=1S/C17H23N3O/c1-12-6-8-15(9-7-12)21-11-14-10-13-4-2-3-5-16(13)19-17(14)20-18/h2-5,10,12,15H,6-9,11,18H2,1H3,(H,19,20). The third kappa shape index (κ3) is 3.34. The minimum Gasteiger partial charge on any atom is -0.373 e. The van der Waals surface area contributed by atoms with Gasteiger partial charge >= 0.3 is 0 Å². The van der Waals surface area contributed by atoms with Gasteiger partial charge < -0.3 is 10.2 Å². The zero-order chi connectivity index (χ0) is 14.7. The van der Waals surface area contributed by atoms with Gasteiger partial charge in [0.2, 0.25) is 0 Å². The lowest BCUT2D eigenvalue weighted by Gasteiger charge is -2.26. The van der Waals surface area contributed by atoms with Crippen molar-refractivity contribution in [2.45, 2.75) is 45.3 Å². The summed E-state index contributed by atoms with van der Waals surface area (Å²) in [6, 6.07) is 10.2. The van der Waals surface area contributed by atoms with Gasteiger partial charge in [0.1, 0.15) is 5.82 Å². The first-order valence-electron chi connectivity index (χ1n) is 7.73. The molecule has 3 rings (SSSR count). The van der Waals surface area contributed by atoms with Crippen LogP contribution in [-0.2, 0) is 11.3 Å². The van der Waals surface area contributed by atoms with Gasteiger partial charge in [0.15, 0.2) is 0 Å². The van der Waals surface area contributed by atoms with E-state index in [9.17, 15) is 0 Å². The Kier molecular flexibility index (Phi) is 4.36. The maximum Gasteiger partial charge on any atom is 0.146 e. The summed E-state index contributed by atoms with van der Waals surface area (Å²) < 4.78 is 6.07. The zero-order valence-electron chi connectivity index (χ0n) is 12.5. The summed E-state index contributed by atoms with van der Waals surface area (Å²) in [7, 11) is 0. The lowest BCUT2D eigenvalue weighted by molar-refractivity contribution is 0.00896. The first-order valence-corrected chi connectivity index (χ1v) is 7.73. The Balaban J connectivity index is 1.73. The van der Waals surface area contributed by atoms with E-state index in [1.54, 1.807) is 0 Å². The Labute approximate surface area is 125 Å². The molecule has 21 heavy (non-hydrogen) atoms. The van der Waals surface area contributed by atoms with Crippen LogP contribution in [0.2, 0.25) is 0 Å². The molecule has 1 aromatic heterocycles. The molecule has 0 spiro atoms. The number of rotatable bonds is 4. The SMILES string of the molecule is CC1CCC(OCc2cc3ccccc3nc2NN)CC1. The number of nitrogen functional groups attached to an aromatic ring is 1. The molecule has 3 N–H and O–H groups in total. The highest BCUT2D eigenvalue weighted by Crippen LogP contribution is 2.27. The molecule has 0 aliphatic heterocycles. The molecule has 1 aromatic carbocycles. The van der Waals surface area contributed by atoms with E-state index in [4.69, 9.17) is 10.6 Å². The van der Waals surface area contributed by atoms with E-state index in [0.717, 1.165) is 35.2 Å². The van der Waals surface area contributed by atoms with E-state index in [1.165, 1.54) is 12.8 Å². The minimum atomic E-state index is 0.373. The molecule has 1 heterocycles. The highest BCUT2D eigenvalue weighted by atomic mass is 16.5. The number of hydrazine groups is 1. The second-order valence-corrected chi connectivity index (χ2v) is 6.03. The van der Waals surface area contributed by atoms with Crippen molar-refractivity contribution in [2.75, 3.05) is 5.43 Å². The Hall–Kier alpha value is -1.65. The number of anilines is 1. The number of nitrogens with zero attached hydrogens (tertiary/aromatic N) is 1. The van der Waals surface area contributed by atoms with Crippen molar-refractivity contribution in [1.29, 1.82) is 0 Å². The van der Waals surface area contributed by atoms with Crippen molar-refractivity contribution in [3.63, 3.8) is 0 Å². The minimum absolute atomic E-state index is 0.373. The molecule has 1 aliphatic carbocycles. The van der Waals surface area contributed by atoms with Crippen LogP contribution in [-0.4, -0.2) is 11.1 Å². The largest absolute Gasteiger partial charge is 0.373 e. The van der Waals surface area contributed by atoms with Gasteiger partial charge in [-0.1, -0.05) is 25.1 Å². The molecule has 0 unspecified atom stereocenters. The van der Waals surface area contributed by atoms with Crippen LogP contribution in [0.1, 0.15) is 38.2 Å². The van der Waals surface area contributed by atoms with Gasteiger partial charge in [0.05, 0.1) is 18.2 Å². The Bertz CT molecular complexity index is 606. The fourth-order valence-electron chi connectivity index (χ4n) is 3.00. The lowest BCUT2D eigenvalue weighted by Crippen LogP contribution is -2.21. The van der Waals surface area contributed by atoms with Crippen LogP contribution in [0.25, 0.3) is 10.9 Å². The fourth-order valence-corrected chi connectivity index (χ4v) is 3.00. The van der Waals surface area contributed by atoms with E-state index in [1.807, 2.05) is 18.2 Å². The quantitative estimate of drug-likeness (QED) is 0.665. The molecule has 1 aliphatic rings. The predicted octanol–water partition coefficient (Wildman–Crippen LogP) is 3.62. The Morgan fingerprint density at radius 2 is 2.00 bits per heavy atom. The Morgan fingerprint density at radius 3 is 2.76 bits per heavy atom. The number of aromatic nitrogens is 1. The maximum absolute atomic E-state index is 6.07. The first kappa shape index (κ1) is 14.3. The summed E-state index contributed by atoms with van der Waals surface area (Å²) in [5.74, 6) is 7.15. The number of ether oxygens (including phenoxy) is 1. The van der Waals surface area contributed by atoms with Gasteiger partial charge in [-0.3, -0.25) is 0 Å². The molecule has 0 amide bonds. The third-order valence-corrected chi connectivity index (χ3v) is 4.38. The van der Waals surface area contributed by atoms with Crippen LogP contribution in [0.15, 0.2) is 30.3 Å². The summed E-state index contributed by atoms with van der Waals surface area (Å²) in [4.78, 5) is 4.55. The normalized spacial score (nSPS) is 22.4. The molecule has 4 nitrogen and oxygen atoms in total. The summed E-state index contributed by atoms with van der Waals surface area (Å²) in [6.07, 6.45) is 5.23. The summed E-state index contributed by atoms with van der Waals surface area (Å²) in [5.41, 5.74) is 4.66. The number of pyridine rings is 1. The van der Waals surface area contributed by atoms with E-state index in [-0.39, 0.29) is 0 Å². The fraction of sp³-hybridized carbons (Fsp3) is 0.471. The highest BCUT2D eigenvalue weighted by Gasteiger charge is 2.19. The van der Waals surface area contributed by atoms with Gasteiger partial charge in [-0.25, -0.2) is 10.8 Å². The van der Waals surface area contributed by atoms with Crippen LogP contribution < -0.4 is 11.3 Å². The maximum atomic E-state index is 6.07. The average Bonchev–Trinajstić information content (AvgIpc) is 2.53. The second kappa shape index (κ2) is 6.41. The number of nitrogens with two attached hydrogens (primary N) is 1. The number of fused-ring (bicyclic) bond motifs is 1. The molecule has 0 atom stereocenters. The number of hydrogen-bond acceptors (Lipinski definition) is 4. The van der Waals surface area contributed by atoms with Gasteiger partial charge in [-0.2, -0.15) is 0 Å². The molecular formula is C17H23N3O. The molecule has 0 bridgehead atoms. The van der Waals surface area contributed by atoms with Crippen LogP contribution in [0.5, 0.6) is 0 Å². The van der Waals surface area contributed by atoms with Crippen LogP contribution in [0, 0.1) is 5.92 Å². The van der Waals surface area contributed by atoms with Crippen molar-refractivity contribution in [2.24, 2.45) is 11.8 Å². The number of benzene rings is 1. The number of para-hydroxylation sites is 1. The lowest BCUT2D eigenvalue weighted by atomic mass is 9.89. The summed E-state index contributed by atoms with van der Waals surface area (Å²) in [5, 5.41) is 1.12. The molecule has 2 aromatic rings. The van der Waals surface area contributed by atoms with Crippen molar-refractivity contribution in [1.82, 2.24) is 4.98 Å². The van der Waals surface area contributed by atoms with Crippen molar-refractivity contribution < 1.29 is 4.74 Å². The molecule has 1 saturated carbocycles. The molecule has 4 heteroatoms. The summed E-state index contributed by atoms with van der Waals surface area (Å²) in [6.45, 7) is 2.89. The number of nitrogens with one attached hydrogen (secondary N) is 1. The molecule has 112 valence electrons. The van der Waals surface area contributed by atoms with Gasteiger partial charge in [-0.15, -0.1) is 0 Å². The Morgan fingerprint density at radius 1 is 1.24 bits per heavy atom. The third-order valence-electron chi connectivity index (χ3n) is 4.38. The monoisotopic (exact) mass is 285 g/mol. The van der Waals surface area contributed by atoms with E-state index >= 15 is 0 Å². The molecule has 0 saturated heterocycles. The topological polar surface area (TPSA) is 60.2 Å². The van der Waals surface area contributed by atoms with E-state index < -0.39 is 0 Å². The van der Waals surface area contributed by atoms with Crippen molar-refractivity contribution in [3.8, 4) is 0 Å². The second-order valence-electron chi connectivity index (χ2n) is 6.03. The highest BCUT2D eigenvalue weighted by molar-refractivity contribution is 5.81. The molecule has 1 fully saturated rings. The van der Waals surface area contributed by atoms with E-state index in [2.05, 4.69) is 29.5 Å². The molecular weight excluding hydrogens is 262 g/mol. The van der Waals surface area contributed by atoms with Gasteiger partial charge in [0.25, 0.3) is 0 Å². The molecule has 0 radical (unpaired) electrons. The number of hydrogen-bond donors (Lipinski definition) is 2. The predicted molar refractivity (Wildman–Crippen MR) is 85.8 cm³/mol. The average molecular weight is 285 g/mol. The van der Waals surface area contributed by atoms with Crippen molar-refractivity contribution >= 4 is 16.7 Å². The van der Waals surface area contributed by atoms with Crippen LogP contribution in [0.4, 0.5) is 5.82 Å². The van der Waals surface area contributed by atoms with E-state index in [0.29, 0.717) is 18.5 Å². The summed E-state index contributed by atoms with van der Waals surface area (Å²) >= 11 is 0. The smallest absolute Gasteiger partial charge is 0.146 e. The van der Waals surface area contributed by atoms with Crippen LogP contribution >= 0.6 is 0 Å².